The Bertz CT molecular complexity index is 508. The van der Waals surface area contributed by atoms with Gasteiger partial charge < -0.3 is 9.84 Å². The van der Waals surface area contributed by atoms with Gasteiger partial charge >= 0.3 is 0 Å². The van der Waals surface area contributed by atoms with Gasteiger partial charge in [0.05, 0.1) is 0 Å². The molecule has 2 rings (SSSR count). The molecule has 0 spiro atoms. The average molecular weight is 253 g/mol. The van der Waals surface area contributed by atoms with Crippen molar-refractivity contribution in [1.29, 1.82) is 0 Å². The van der Waals surface area contributed by atoms with Crippen LogP contribution < -0.4 is 4.74 Å². The molecular formula is C13H10ClFO2. The number of halogens is 2. The van der Waals surface area contributed by atoms with Crippen molar-refractivity contribution in [3.05, 3.63) is 58.9 Å². The van der Waals surface area contributed by atoms with Gasteiger partial charge in [-0.25, -0.2) is 4.39 Å². The summed E-state index contributed by atoms with van der Waals surface area (Å²) in [5.41, 5.74) is 0.637. The van der Waals surface area contributed by atoms with Gasteiger partial charge in [-0.1, -0.05) is 17.7 Å². The predicted octanol–water partition coefficient (Wildman–Crippen LogP) is 3.76. The van der Waals surface area contributed by atoms with E-state index in [4.69, 9.17) is 16.3 Å². The summed E-state index contributed by atoms with van der Waals surface area (Å²) in [6, 6.07) is 10.6. The lowest BCUT2D eigenvalue weighted by atomic mass is 10.2. The Morgan fingerprint density at radius 2 is 2.00 bits per heavy atom. The van der Waals surface area contributed by atoms with Crippen LogP contribution in [0.25, 0.3) is 0 Å². The molecule has 0 heterocycles. The van der Waals surface area contributed by atoms with Gasteiger partial charge in [-0.2, -0.15) is 0 Å². The van der Waals surface area contributed by atoms with Crippen molar-refractivity contribution < 1.29 is 14.2 Å². The van der Waals surface area contributed by atoms with Crippen molar-refractivity contribution in [3.8, 4) is 11.5 Å². The van der Waals surface area contributed by atoms with E-state index in [1.54, 1.807) is 24.3 Å². The summed E-state index contributed by atoms with van der Waals surface area (Å²) in [4.78, 5) is 0. The molecule has 0 aliphatic rings. The first-order valence-corrected chi connectivity index (χ1v) is 5.38. The van der Waals surface area contributed by atoms with E-state index in [0.717, 1.165) is 0 Å². The van der Waals surface area contributed by atoms with E-state index in [2.05, 4.69) is 0 Å². The summed E-state index contributed by atoms with van der Waals surface area (Å²) in [5, 5.41) is 9.57. The zero-order chi connectivity index (χ0) is 12.3. The normalized spacial score (nSPS) is 10.2. The van der Waals surface area contributed by atoms with Gasteiger partial charge in [-0.05, 0) is 35.9 Å². The van der Waals surface area contributed by atoms with Crippen molar-refractivity contribution >= 4 is 11.6 Å². The SMILES string of the molecule is Oc1cccc(OCc2cc(F)cc(Cl)c2)c1. The van der Waals surface area contributed by atoms with E-state index < -0.39 is 5.82 Å². The molecule has 0 amide bonds. The van der Waals surface area contributed by atoms with Gasteiger partial charge in [-0.3, -0.25) is 0 Å². The molecule has 2 aromatic carbocycles. The lowest BCUT2D eigenvalue weighted by Gasteiger charge is -2.07. The number of benzene rings is 2. The van der Waals surface area contributed by atoms with E-state index in [1.165, 1.54) is 18.2 Å². The van der Waals surface area contributed by atoms with Crippen LogP contribution in [0, 0.1) is 5.82 Å². The summed E-state index contributed by atoms with van der Waals surface area (Å²) < 4.78 is 18.4. The summed E-state index contributed by atoms with van der Waals surface area (Å²) in [6.07, 6.45) is 0. The van der Waals surface area contributed by atoms with Crippen LogP contribution >= 0.6 is 11.6 Å². The molecule has 17 heavy (non-hydrogen) atoms. The van der Waals surface area contributed by atoms with E-state index in [-0.39, 0.29) is 12.4 Å². The lowest BCUT2D eigenvalue weighted by Crippen LogP contribution is -1.96. The second-order valence-corrected chi connectivity index (χ2v) is 4.00. The van der Waals surface area contributed by atoms with Gasteiger partial charge in [0, 0.05) is 11.1 Å². The van der Waals surface area contributed by atoms with Crippen molar-refractivity contribution in [3.63, 3.8) is 0 Å². The van der Waals surface area contributed by atoms with Gasteiger partial charge in [0.2, 0.25) is 0 Å². The molecule has 0 saturated heterocycles. The maximum atomic E-state index is 13.0. The topological polar surface area (TPSA) is 29.5 Å². The van der Waals surface area contributed by atoms with Crippen LogP contribution in [0.4, 0.5) is 4.39 Å². The highest BCUT2D eigenvalue weighted by Crippen LogP contribution is 2.20. The molecule has 0 atom stereocenters. The monoisotopic (exact) mass is 252 g/mol. The number of rotatable bonds is 3. The summed E-state index contributed by atoms with van der Waals surface area (Å²) >= 11 is 5.72. The minimum Gasteiger partial charge on any atom is -0.508 e. The van der Waals surface area contributed by atoms with E-state index >= 15 is 0 Å². The Balaban J connectivity index is 2.07. The van der Waals surface area contributed by atoms with Crippen molar-refractivity contribution in [2.75, 3.05) is 0 Å². The highest BCUT2D eigenvalue weighted by Gasteiger charge is 2.01. The first-order chi connectivity index (χ1) is 8.13. The second kappa shape index (κ2) is 5.06. The largest absolute Gasteiger partial charge is 0.508 e. The number of ether oxygens (including phenoxy) is 1. The van der Waals surface area contributed by atoms with Crippen LogP contribution in [-0.2, 0) is 6.61 Å². The molecule has 0 fully saturated rings. The quantitative estimate of drug-likeness (QED) is 0.901. The molecule has 2 aromatic rings. The van der Waals surface area contributed by atoms with Crippen LogP contribution in [0.15, 0.2) is 42.5 Å². The molecule has 0 aliphatic carbocycles. The number of phenolic OH excluding ortho intramolecular Hbond substituents is 1. The Morgan fingerprint density at radius 3 is 2.71 bits per heavy atom. The lowest BCUT2D eigenvalue weighted by molar-refractivity contribution is 0.304. The Hall–Kier alpha value is -1.74. The summed E-state index contributed by atoms with van der Waals surface area (Å²) in [7, 11) is 0. The highest BCUT2D eigenvalue weighted by molar-refractivity contribution is 6.30. The minimum atomic E-state index is -0.396. The van der Waals surface area contributed by atoms with Crippen molar-refractivity contribution in [2.45, 2.75) is 6.61 Å². The fraction of sp³-hybridized carbons (Fsp3) is 0.0769. The number of aromatic hydroxyl groups is 1. The van der Waals surface area contributed by atoms with Crippen LogP contribution in [0.3, 0.4) is 0 Å². The zero-order valence-corrected chi connectivity index (χ0v) is 9.62. The second-order valence-electron chi connectivity index (χ2n) is 3.56. The van der Waals surface area contributed by atoms with Gasteiger partial charge in [0.15, 0.2) is 0 Å². The first kappa shape index (κ1) is 11.7. The van der Waals surface area contributed by atoms with Crippen LogP contribution in [0.1, 0.15) is 5.56 Å². The predicted molar refractivity (Wildman–Crippen MR) is 63.8 cm³/mol. The third kappa shape index (κ3) is 3.36. The van der Waals surface area contributed by atoms with Crippen LogP contribution in [0.5, 0.6) is 11.5 Å². The van der Waals surface area contributed by atoms with E-state index in [9.17, 15) is 9.50 Å². The smallest absolute Gasteiger partial charge is 0.125 e. The van der Waals surface area contributed by atoms with Gasteiger partial charge in [-0.15, -0.1) is 0 Å². The van der Waals surface area contributed by atoms with Crippen LogP contribution in [0.2, 0.25) is 5.02 Å². The molecule has 0 unspecified atom stereocenters. The maximum Gasteiger partial charge on any atom is 0.125 e. The summed E-state index contributed by atoms with van der Waals surface area (Å²) in [5.74, 6) is 0.247. The number of phenols is 1. The molecule has 2 nitrogen and oxygen atoms in total. The van der Waals surface area contributed by atoms with Gasteiger partial charge in [0.1, 0.15) is 23.9 Å². The fourth-order valence-electron chi connectivity index (χ4n) is 1.43. The zero-order valence-electron chi connectivity index (χ0n) is 8.86. The maximum absolute atomic E-state index is 13.0. The van der Waals surface area contributed by atoms with Crippen molar-refractivity contribution in [2.24, 2.45) is 0 Å². The van der Waals surface area contributed by atoms with Gasteiger partial charge in [0.25, 0.3) is 0 Å². The Labute approximate surface area is 103 Å². The molecule has 88 valence electrons. The number of hydrogen-bond acceptors (Lipinski definition) is 2. The Kier molecular flexibility index (Phi) is 3.49. The Morgan fingerprint density at radius 1 is 1.18 bits per heavy atom. The molecule has 4 heteroatoms. The van der Waals surface area contributed by atoms with E-state index in [0.29, 0.717) is 16.3 Å². The molecule has 0 aromatic heterocycles. The van der Waals surface area contributed by atoms with E-state index in [1.807, 2.05) is 0 Å². The van der Waals surface area contributed by atoms with Crippen molar-refractivity contribution in [1.82, 2.24) is 0 Å². The first-order valence-electron chi connectivity index (χ1n) is 5.00. The standard InChI is InChI=1S/C13H10ClFO2/c14-10-4-9(5-11(15)6-10)8-17-13-3-1-2-12(16)7-13/h1-7,16H,8H2. The molecule has 0 radical (unpaired) electrons. The third-order valence-corrected chi connectivity index (χ3v) is 2.36. The molecule has 0 aliphatic heterocycles. The summed E-state index contributed by atoms with van der Waals surface area (Å²) in [6.45, 7) is 0.195. The third-order valence-electron chi connectivity index (χ3n) is 2.15. The minimum absolute atomic E-state index is 0.125. The molecule has 0 saturated carbocycles. The average Bonchev–Trinajstić information content (AvgIpc) is 2.25. The fourth-order valence-corrected chi connectivity index (χ4v) is 1.68. The molecule has 0 bridgehead atoms. The highest BCUT2D eigenvalue weighted by atomic mass is 35.5. The molecule has 1 N–H and O–H groups in total. The van der Waals surface area contributed by atoms with Crippen LogP contribution in [-0.4, -0.2) is 5.11 Å². The number of hydrogen-bond donors (Lipinski definition) is 1. The molecular weight excluding hydrogens is 243 g/mol.